The van der Waals surface area contributed by atoms with E-state index in [0.717, 1.165) is 24.4 Å². The van der Waals surface area contributed by atoms with Crippen molar-refractivity contribution in [1.29, 1.82) is 0 Å². The van der Waals surface area contributed by atoms with Crippen molar-refractivity contribution in [3.05, 3.63) is 52.2 Å². The number of rotatable bonds is 6. The van der Waals surface area contributed by atoms with E-state index in [0.29, 0.717) is 19.8 Å². The lowest BCUT2D eigenvalue weighted by Crippen LogP contribution is -2.43. The average molecular weight is 333 g/mol. The Kier molecular flexibility index (Phi) is 5.67. The van der Waals surface area contributed by atoms with E-state index < -0.39 is 6.10 Å². The highest BCUT2D eigenvalue weighted by molar-refractivity contribution is 7.10. The van der Waals surface area contributed by atoms with Crippen LogP contribution in [0.3, 0.4) is 0 Å². The first-order valence-corrected chi connectivity index (χ1v) is 8.83. The van der Waals surface area contributed by atoms with E-state index in [1.807, 2.05) is 37.3 Å². The molecule has 0 radical (unpaired) electrons. The number of aliphatic hydroxyl groups excluding tert-OH is 1. The fraction of sp³-hybridized carbons (Fsp3) is 0.444. The van der Waals surface area contributed by atoms with Crippen LogP contribution in [0.2, 0.25) is 0 Å². The number of morpholine rings is 1. The van der Waals surface area contributed by atoms with Gasteiger partial charge in [0.25, 0.3) is 0 Å². The van der Waals surface area contributed by atoms with E-state index >= 15 is 0 Å². The molecule has 1 aliphatic heterocycles. The largest absolute Gasteiger partial charge is 0.491 e. The van der Waals surface area contributed by atoms with Gasteiger partial charge in [-0.3, -0.25) is 4.90 Å². The topological polar surface area (TPSA) is 41.9 Å². The van der Waals surface area contributed by atoms with Gasteiger partial charge < -0.3 is 14.6 Å². The molecule has 0 aliphatic carbocycles. The van der Waals surface area contributed by atoms with Gasteiger partial charge in [0.05, 0.1) is 6.61 Å². The Hall–Kier alpha value is -1.40. The predicted octanol–water partition coefficient (Wildman–Crippen LogP) is 2.87. The molecule has 23 heavy (non-hydrogen) atoms. The van der Waals surface area contributed by atoms with Crippen LogP contribution in [-0.4, -0.2) is 49.0 Å². The van der Waals surface area contributed by atoms with Crippen LogP contribution >= 0.6 is 11.3 Å². The van der Waals surface area contributed by atoms with Gasteiger partial charge in [0.15, 0.2) is 0 Å². The Bertz CT molecular complexity index is 602. The van der Waals surface area contributed by atoms with Crippen molar-refractivity contribution in [2.24, 2.45) is 0 Å². The molecule has 0 amide bonds. The van der Waals surface area contributed by atoms with Crippen LogP contribution in [0.4, 0.5) is 0 Å². The molecule has 1 saturated heterocycles. The molecule has 1 aromatic carbocycles. The van der Waals surface area contributed by atoms with Gasteiger partial charge >= 0.3 is 0 Å². The van der Waals surface area contributed by atoms with Crippen molar-refractivity contribution in [3.8, 4) is 5.75 Å². The Morgan fingerprint density at radius 3 is 3.09 bits per heavy atom. The summed E-state index contributed by atoms with van der Waals surface area (Å²) >= 11 is 1.72. The molecule has 4 nitrogen and oxygen atoms in total. The molecule has 0 bridgehead atoms. The van der Waals surface area contributed by atoms with E-state index in [1.54, 1.807) is 11.3 Å². The number of hydrogen-bond acceptors (Lipinski definition) is 5. The molecule has 0 spiro atoms. The normalized spacial score (nSPS) is 20.3. The van der Waals surface area contributed by atoms with Gasteiger partial charge in [0, 0.05) is 24.5 Å². The Labute approximate surface area is 141 Å². The predicted molar refractivity (Wildman–Crippen MR) is 92.1 cm³/mol. The highest BCUT2D eigenvalue weighted by Gasteiger charge is 2.24. The highest BCUT2D eigenvalue weighted by atomic mass is 32.1. The third kappa shape index (κ3) is 4.78. The van der Waals surface area contributed by atoms with E-state index in [2.05, 4.69) is 16.3 Å². The van der Waals surface area contributed by atoms with Crippen LogP contribution in [0.15, 0.2) is 41.8 Å². The lowest BCUT2D eigenvalue weighted by atomic mass is 10.2. The Morgan fingerprint density at radius 1 is 1.39 bits per heavy atom. The summed E-state index contributed by atoms with van der Waals surface area (Å²) in [7, 11) is 0. The lowest BCUT2D eigenvalue weighted by molar-refractivity contribution is -0.0444. The van der Waals surface area contributed by atoms with E-state index in [-0.39, 0.29) is 6.10 Å². The van der Waals surface area contributed by atoms with Crippen LogP contribution in [0.1, 0.15) is 16.5 Å². The fourth-order valence-electron chi connectivity index (χ4n) is 2.76. The van der Waals surface area contributed by atoms with Crippen molar-refractivity contribution >= 4 is 11.3 Å². The maximum absolute atomic E-state index is 10.2. The lowest BCUT2D eigenvalue weighted by Gasteiger charge is -2.33. The molecule has 2 unspecified atom stereocenters. The Morgan fingerprint density at radius 2 is 2.30 bits per heavy atom. The summed E-state index contributed by atoms with van der Waals surface area (Å²) in [6, 6.07) is 12.0. The highest BCUT2D eigenvalue weighted by Crippen LogP contribution is 2.26. The molecule has 2 aromatic rings. The van der Waals surface area contributed by atoms with Crippen LogP contribution in [0.5, 0.6) is 5.75 Å². The summed E-state index contributed by atoms with van der Waals surface area (Å²) in [5.74, 6) is 0.808. The molecule has 1 aromatic heterocycles. The number of ether oxygens (including phenoxy) is 2. The molecule has 5 heteroatoms. The number of hydrogen-bond donors (Lipinski definition) is 1. The first kappa shape index (κ1) is 16.5. The van der Waals surface area contributed by atoms with Gasteiger partial charge in [-0.2, -0.15) is 0 Å². The minimum atomic E-state index is -0.502. The monoisotopic (exact) mass is 333 g/mol. The summed E-state index contributed by atoms with van der Waals surface area (Å²) in [6.07, 6.45) is -0.383. The second-order valence-electron chi connectivity index (χ2n) is 5.92. The number of thiophene rings is 1. The van der Waals surface area contributed by atoms with Gasteiger partial charge in [-0.15, -0.1) is 11.3 Å². The van der Waals surface area contributed by atoms with Gasteiger partial charge in [-0.05, 0) is 36.1 Å². The van der Waals surface area contributed by atoms with Gasteiger partial charge in [0.1, 0.15) is 24.6 Å². The first-order valence-electron chi connectivity index (χ1n) is 7.95. The zero-order valence-corrected chi connectivity index (χ0v) is 14.2. The number of β-amino-alcohol motifs (C(OH)–C–C–N with tert-alkyl or cyclic N) is 1. The van der Waals surface area contributed by atoms with Crippen molar-refractivity contribution < 1.29 is 14.6 Å². The third-order valence-corrected chi connectivity index (χ3v) is 4.88. The maximum Gasteiger partial charge on any atom is 0.119 e. The second-order valence-corrected chi connectivity index (χ2v) is 6.90. The zero-order chi connectivity index (χ0) is 16.1. The molecule has 3 rings (SSSR count). The number of benzene rings is 1. The number of nitrogens with zero attached hydrogens (tertiary/aromatic N) is 1. The molecule has 1 N–H and O–H groups in total. The van der Waals surface area contributed by atoms with E-state index in [9.17, 15) is 5.11 Å². The van der Waals surface area contributed by atoms with Crippen molar-refractivity contribution in [2.45, 2.75) is 19.1 Å². The standard InChI is InChI=1S/C18H23NO3S/c1-14-4-2-5-16(10-14)22-13-15(20)11-19-7-8-21-17(12-19)18-6-3-9-23-18/h2-6,9-10,15,17,20H,7-8,11-13H2,1H3. The van der Waals surface area contributed by atoms with Crippen molar-refractivity contribution in [3.63, 3.8) is 0 Å². The van der Waals surface area contributed by atoms with Gasteiger partial charge in [-0.25, -0.2) is 0 Å². The molecular formula is C18H23NO3S. The van der Waals surface area contributed by atoms with Crippen LogP contribution < -0.4 is 4.74 Å². The molecule has 124 valence electrons. The summed E-state index contributed by atoms with van der Waals surface area (Å²) in [4.78, 5) is 3.50. The first-order chi connectivity index (χ1) is 11.2. The summed E-state index contributed by atoms with van der Waals surface area (Å²) in [5, 5.41) is 12.3. The average Bonchev–Trinajstić information content (AvgIpc) is 3.08. The van der Waals surface area contributed by atoms with Crippen molar-refractivity contribution in [2.75, 3.05) is 32.8 Å². The van der Waals surface area contributed by atoms with Crippen LogP contribution in [0, 0.1) is 6.92 Å². The number of aliphatic hydroxyl groups is 1. The van der Waals surface area contributed by atoms with Crippen molar-refractivity contribution in [1.82, 2.24) is 4.90 Å². The van der Waals surface area contributed by atoms with Gasteiger partial charge in [0.2, 0.25) is 0 Å². The number of aryl methyl sites for hydroxylation is 1. The minimum absolute atomic E-state index is 0.119. The smallest absolute Gasteiger partial charge is 0.119 e. The molecule has 1 aliphatic rings. The molecule has 2 heterocycles. The quantitative estimate of drug-likeness (QED) is 0.883. The minimum Gasteiger partial charge on any atom is -0.491 e. The fourth-order valence-corrected chi connectivity index (χ4v) is 3.53. The third-order valence-electron chi connectivity index (χ3n) is 3.91. The zero-order valence-electron chi connectivity index (χ0n) is 13.4. The van der Waals surface area contributed by atoms with E-state index in [4.69, 9.17) is 9.47 Å². The molecule has 1 fully saturated rings. The summed E-state index contributed by atoms with van der Waals surface area (Å²) in [6.45, 7) is 5.32. The van der Waals surface area contributed by atoms with Crippen LogP contribution in [0.25, 0.3) is 0 Å². The second kappa shape index (κ2) is 7.93. The summed E-state index contributed by atoms with van der Waals surface area (Å²) in [5.41, 5.74) is 1.16. The molecule has 0 saturated carbocycles. The summed E-state index contributed by atoms with van der Waals surface area (Å²) < 4.78 is 11.5. The molecular weight excluding hydrogens is 310 g/mol. The molecule has 2 atom stereocenters. The van der Waals surface area contributed by atoms with Gasteiger partial charge in [-0.1, -0.05) is 18.2 Å². The van der Waals surface area contributed by atoms with Crippen LogP contribution in [-0.2, 0) is 4.74 Å². The Balaban J connectivity index is 1.46. The van der Waals surface area contributed by atoms with E-state index in [1.165, 1.54) is 4.88 Å². The SMILES string of the molecule is Cc1cccc(OCC(O)CN2CCOC(c3cccs3)C2)c1. The maximum atomic E-state index is 10.2.